The van der Waals surface area contributed by atoms with Gasteiger partial charge >= 0.3 is 0 Å². The molecular weight excluding hydrogens is 490 g/mol. The molecule has 1 atom stereocenters. The number of aryl methyl sites for hydroxylation is 2. The van der Waals surface area contributed by atoms with Crippen LogP contribution in [0.5, 0.6) is 0 Å². The van der Waals surface area contributed by atoms with Crippen LogP contribution in [0.3, 0.4) is 0 Å². The van der Waals surface area contributed by atoms with E-state index in [1.165, 1.54) is 0 Å². The minimum absolute atomic E-state index is 0.0589. The Balaban J connectivity index is 1.45. The molecule has 3 heterocycles. The summed E-state index contributed by atoms with van der Waals surface area (Å²) in [4.78, 5) is 43.8. The van der Waals surface area contributed by atoms with Crippen LogP contribution < -0.4 is 10.2 Å². The second-order valence-corrected chi connectivity index (χ2v) is 10.1. The third-order valence-electron chi connectivity index (χ3n) is 7.83. The smallest absolute Gasteiger partial charge is 0.259 e. The van der Waals surface area contributed by atoms with Gasteiger partial charge in [-0.2, -0.15) is 0 Å². The Labute approximate surface area is 224 Å². The summed E-state index contributed by atoms with van der Waals surface area (Å²) in [6.45, 7) is 3.88. The number of rotatable bonds is 3. The lowest BCUT2D eigenvalue weighted by Gasteiger charge is -2.37. The van der Waals surface area contributed by atoms with Crippen LogP contribution in [0.1, 0.15) is 48.9 Å². The first-order valence-corrected chi connectivity index (χ1v) is 12.7. The van der Waals surface area contributed by atoms with E-state index in [-0.39, 0.29) is 29.6 Å². The number of nitrogens with zero attached hydrogens (tertiary/aromatic N) is 2. The summed E-state index contributed by atoms with van der Waals surface area (Å²) in [6, 6.07) is 22.1. The van der Waals surface area contributed by atoms with Crippen molar-refractivity contribution in [3.63, 3.8) is 0 Å². The predicted octanol–water partition coefficient (Wildman–Crippen LogP) is 5.51. The van der Waals surface area contributed by atoms with Gasteiger partial charge in [-0.3, -0.25) is 14.4 Å². The van der Waals surface area contributed by atoms with Crippen LogP contribution in [0.15, 0.2) is 88.5 Å². The minimum atomic E-state index is -1.55. The van der Waals surface area contributed by atoms with E-state index in [0.717, 1.165) is 11.1 Å². The van der Waals surface area contributed by atoms with Crippen molar-refractivity contribution >= 4 is 41.0 Å². The van der Waals surface area contributed by atoms with E-state index in [0.29, 0.717) is 45.1 Å². The van der Waals surface area contributed by atoms with Crippen molar-refractivity contribution in [2.45, 2.75) is 19.4 Å². The quantitative estimate of drug-likeness (QED) is 0.389. The molecule has 4 aromatic rings. The topological polar surface area (TPSA) is 92.5 Å². The number of carbonyl (C=O) groups is 3. The number of fused-ring (bicyclic) bond motifs is 4. The maximum atomic E-state index is 14.1. The van der Waals surface area contributed by atoms with Gasteiger partial charge in [0.25, 0.3) is 5.91 Å². The Morgan fingerprint density at radius 2 is 1.56 bits per heavy atom. The van der Waals surface area contributed by atoms with Crippen molar-refractivity contribution in [1.82, 2.24) is 5.16 Å². The van der Waals surface area contributed by atoms with Crippen molar-refractivity contribution < 1.29 is 18.9 Å². The van der Waals surface area contributed by atoms with Crippen LogP contribution in [0.25, 0.3) is 12.2 Å². The first-order valence-electron chi connectivity index (χ1n) is 12.7. The van der Waals surface area contributed by atoms with E-state index in [2.05, 4.69) is 10.5 Å². The van der Waals surface area contributed by atoms with Crippen LogP contribution in [-0.4, -0.2) is 29.2 Å². The van der Waals surface area contributed by atoms with Gasteiger partial charge in [0.2, 0.25) is 0 Å². The number of nitrogens with one attached hydrogen (secondary N) is 1. The summed E-state index contributed by atoms with van der Waals surface area (Å²) >= 11 is 0. The molecule has 190 valence electrons. The SMILES string of the molecule is Cc1ccc(/C=C/c2onc(C)c2N2CC3=C(C(=O)c4ccccc4C3=O)C23C(=O)Nc2ccccc23)cc1. The molecule has 1 aliphatic carbocycles. The summed E-state index contributed by atoms with van der Waals surface area (Å²) in [7, 11) is 0. The van der Waals surface area contributed by atoms with E-state index in [1.54, 1.807) is 37.3 Å². The monoisotopic (exact) mass is 513 g/mol. The van der Waals surface area contributed by atoms with Gasteiger partial charge in [-0.25, -0.2) is 0 Å². The highest BCUT2D eigenvalue weighted by Crippen LogP contribution is 2.55. The molecule has 7 rings (SSSR count). The summed E-state index contributed by atoms with van der Waals surface area (Å²) in [5, 5.41) is 7.20. The summed E-state index contributed by atoms with van der Waals surface area (Å²) in [6.07, 6.45) is 3.72. The standard InChI is InChI=1S/C32H23N3O4/c1-18-11-13-20(14-12-18)15-16-26-28(19(2)34-39-26)35-17-23-27(30(37)22-8-4-3-7-21(22)29(23)36)32(35)24-9-5-6-10-25(24)33-31(32)38/h3-16H,17H2,1-2H3,(H,33,38)/b16-15+. The highest BCUT2D eigenvalue weighted by Gasteiger charge is 2.63. The number of benzene rings is 3. The van der Waals surface area contributed by atoms with Gasteiger partial charge in [0.1, 0.15) is 11.4 Å². The summed E-state index contributed by atoms with van der Waals surface area (Å²) in [5.74, 6) is -0.518. The van der Waals surface area contributed by atoms with Gasteiger partial charge in [-0.05, 0) is 31.6 Å². The number of carbonyl (C=O) groups excluding carboxylic acids is 3. The molecule has 0 fully saturated rings. The Hall–Kier alpha value is -5.04. The molecule has 3 aromatic carbocycles. The molecule has 0 saturated carbocycles. The number of hydrogen-bond acceptors (Lipinski definition) is 6. The van der Waals surface area contributed by atoms with Crippen molar-refractivity contribution in [1.29, 1.82) is 0 Å². The van der Waals surface area contributed by atoms with E-state index >= 15 is 0 Å². The predicted molar refractivity (Wildman–Crippen MR) is 148 cm³/mol. The lowest BCUT2D eigenvalue weighted by Crippen LogP contribution is -2.51. The zero-order valence-electron chi connectivity index (χ0n) is 21.3. The molecule has 0 saturated heterocycles. The molecule has 1 unspecified atom stereocenters. The van der Waals surface area contributed by atoms with E-state index in [9.17, 15) is 14.4 Å². The molecule has 3 aliphatic rings. The van der Waals surface area contributed by atoms with Crippen LogP contribution in [0.2, 0.25) is 0 Å². The van der Waals surface area contributed by atoms with Gasteiger partial charge in [0, 0.05) is 40.1 Å². The Kier molecular flexibility index (Phi) is 4.88. The fourth-order valence-electron chi connectivity index (χ4n) is 6.05. The molecule has 0 bridgehead atoms. The normalized spacial score (nSPS) is 19.6. The third-order valence-corrected chi connectivity index (χ3v) is 7.83. The second kappa shape index (κ2) is 8.23. The maximum Gasteiger partial charge on any atom is 0.259 e. The number of ketones is 2. The molecule has 7 heteroatoms. The molecule has 0 radical (unpaired) electrons. The van der Waals surface area contributed by atoms with Crippen LogP contribution in [-0.2, 0) is 10.3 Å². The summed E-state index contributed by atoms with van der Waals surface area (Å²) < 4.78 is 5.75. The Morgan fingerprint density at radius 1 is 0.872 bits per heavy atom. The van der Waals surface area contributed by atoms with Crippen LogP contribution in [0.4, 0.5) is 11.4 Å². The fourth-order valence-corrected chi connectivity index (χ4v) is 6.05. The van der Waals surface area contributed by atoms with E-state index in [1.807, 2.05) is 66.4 Å². The molecule has 39 heavy (non-hydrogen) atoms. The number of aromatic nitrogens is 1. The lowest BCUT2D eigenvalue weighted by atomic mass is 9.74. The van der Waals surface area contributed by atoms with Gasteiger partial charge in [-0.1, -0.05) is 83.5 Å². The average molecular weight is 514 g/mol. The highest BCUT2D eigenvalue weighted by molar-refractivity contribution is 6.33. The molecule has 1 spiro atoms. The van der Waals surface area contributed by atoms with Gasteiger partial charge in [-0.15, -0.1) is 0 Å². The van der Waals surface area contributed by atoms with Gasteiger partial charge in [0.05, 0.1) is 0 Å². The van der Waals surface area contributed by atoms with E-state index < -0.39 is 5.54 Å². The molecule has 1 N–H and O–H groups in total. The van der Waals surface area contributed by atoms with Crippen molar-refractivity contribution in [2.75, 3.05) is 16.8 Å². The zero-order valence-corrected chi connectivity index (χ0v) is 21.3. The molecule has 1 amide bonds. The molecule has 2 aliphatic heterocycles. The first-order chi connectivity index (χ1) is 18.9. The lowest BCUT2D eigenvalue weighted by molar-refractivity contribution is -0.119. The fraction of sp³-hybridized carbons (Fsp3) is 0.125. The number of amides is 1. The first kappa shape index (κ1) is 23.1. The second-order valence-electron chi connectivity index (χ2n) is 10.1. The highest BCUT2D eigenvalue weighted by atomic mass is 16.5. The molecule has 1 aromatic heterocycles. The third kappa shape index (κ3) is 3.10. The van der Waals surface area contributed by atoms with Crippen molar-refractivity contribution in [3.05, 3.63) is 123 Å². The van der Waals surface area contributed by atoms with Crippen LogP contribution in [0, 0.1) is 13.8 Å². The number of anilines is 2. The average Bonchev–Trinajstić information content (AvgIpc) is 3.59. The Morgan fingerprint density at radius 3 is 2.33 bits per heavy atom. The largest absolute Gasteiger partial charge is 0.354 e. The van der Waals surface area contributed by atoms with Crippen LogP contribution >= 0.6 is 0 Å². The Bertz CT molecular complexity index is 1790. The van der Waals surface area contributed by atoms with Gasteiger partial charge in [0.15, 0.2) is 22.9 Å². The molecular formula is C32H23N3O4. The van der Waals surface area contributed by atoms with Crippen molar-refractivity contribution in [2.24, 2.45) is 0 Å². The zero-order chi connectivity index (χ0) is 26.9. The number of para-hydroxylation sites is 1. The molecule has 7 nitrogen and oxygen atoms in total. The number of Topliss-reactive ketones (excluding diaryl/α,β-unsaturated/α-hetero) is 2. The van der Waals surface area contributed by atoms with E-state index in [4.69, 9.17) is 4.52 Å². The summed E-state index contributed by atoms with van der Waals surface area (Å²) in [5.41, 5.74) is 4.08. The van der Waals surface area contributed by atoms with Crippen molar-refractivity contribution in [3.8, 4) is 0 Å². The van der Waals surface area contributed by atoms with Gasteiger partial charge < -0.3 is 14.7 Å². The minimum Gasteiger partial charge on any atom is -0.354 e. The number of hydrogen-bond donors (Lipinski definition) is 1. The maximum absolute atomic E-state index is 14.1.